The molecule has 3 aromatic carbocycles. The first-order valence-corrected chi connectivity index (χ1v) is 9.29. The van der Waals surface area contributed by atoms with Crippen LogP contribution >= 0.6 is 11.6 Å². The van der Waals surface area contributed by atoms with Crippen LogP contribution in [0, 0.1) is 17.1 Å². The van der Waals surface area contributed by atoms with Crippen LogP contribution in [-0.2, 0) is 0 Å². The molecule has 0 saturated heterocycles. The summed E-state index contributed by atoms with van der Waals surface area (Å²) in [6.07, 6.45) is 0. The molecule has 30 heavy (non-hydrogen) atoms. The first-order chi connectivity index (χ1) is 14.5. The highest BCUT2D eigenvalue weighted by atomic mass is 35.5. The maximum absolute atomic E-state index is 13.8. The van der Waals surface area contributed by atoms with Gasteiger partial charge >= 0.3 is 5.97 Å². The summed E-state index contributed by atoms with van der Waals surface area (Å²) >= 11 is 6.04. The molecule has 0 aliphatic carbocycles. The zero-order valence-electron chi connectivity index (χ0n) is 15.4. The largest absolute Gasteiger partial charge is 0.440 e. The fraction of sp³-hybridized carbons (Fsp3) is 0.0435. The Kier molecular flexibility index (Phi) is 5.13. The summed E-state index contributed by atoms with van der Waals surface area (Å²) in [6.45, 7) is 0. The summed E-state index contributed by atoms with van der Waals surface area (Å²) in [5.74, 6) is -1.23. The Bertz CT molecular complexity index is 1230. The summed E-state index contributed by atoms with van der Waals surface area (Å²) in [5, 5.41) is 9.84. The maximum atomic E-state index is 13.8. The van der Waals surface area contributed by atoms with Crippen LogP contribution < -0.4 is 15.2 Å². The Morgan fingerprint density at radius 3 is 2.67 bits per heavy atom. The van der Waals surface area contributed by atoms with Gasteiger partial charge in [0.15, 0.2) is 0 Å². The van der Waals surface area contributed by atoms with Gasteiger partial charge in [0.25, 0.3) is 0 Å². The number of carbonyl (C=O) groups excluding carboxylic acids is 1. The number of carbonyl (C=O) groups is 1. The van der Waals surface area contributed by atoms with Gasteiger partial charge in [-0.3, -0.25) is 0 Å². The van der Waals surface area contributed by atoms with E-state index < -0.39 is 17.7 Å². The van der Waals surface area contributed by atoms with Crippen molar-refractivity contribution in [1.82, 2.24) is 0 Å². The van der Waals surface area contributed by atoms with Gasteiger partial charge in [-0.25, -0.2) is 9.18 Å². The van der Waals surface area contributed by atoms with E-state index in [1.54, 1.807) is 48.5 Å². The summed E-state index contributed by atoms with van der Waals surface area (Å²) in [5.41, 5.74) is 7.50. The molecule has 1 heterocycles. The maximum Gasteiger partial charge on any atom is 0.345 e. The van der Waals surface area contributed by atoms with Crippen molar-refractivity contribution < 1.29 is 18.7 Å². The molecule has 0 radical (unpaired) electrons. The van der Waals surface area contributed by atoms with Crippen LogP contribution in [0.1, 0.15) is 27.4 Å². The molecule has 1 aliphatic heterocycles. The number of esters is 1. The Morgan fingerprint density at radius 1 is 1.13 bits per heavy atom. The van der Waals surface area contributed by atoms with Gasteiger partial charge in [0.2, 0.25) is 5.88 Å². The summed E-state index contributed by atoms with van der Waals surface area (Å²) in [7, 11) is 0. The van der Waals surface area contributed by atoms with Gasteiger partial charge in [-0.15, -0.1) is 0 Å². The minimum atomic E-state index is -0.626. The van der Waals surface area contributed by atoms with Crippen molar-refractivity contribution in [2.75, 3.05) is 0 Å². The molecule has 148 valence electrons. The topological polar surface area (TPSA) is 85.3 Å². The van der Waals surface area contributed by atoms with Crippen molar-refractivity contribution in [3.63, 3.8) is 0 Å². The number of rotatable bonds is 3. The van der Waals surface area contributed by atoms with Crippen molar-refractivity contribution in [2.45, 2.75) is 5.92 Å². The Labute approximate surface area is 176 Å². The second-order valence-electron chi connectivity index (χ2n) is 6.55. The molecule has 7 heteroatoms. The fourth-order valence-electron chi connectivity index (χ4n) is 3.32. The van der Waals surface area contributed by atoms with E-state index in [2.05, 4.69) is 0 Å². The molecule has 5 nitrogen and oxygen atoms in total. The second kappa shape index (κ2) is 7.90. The lowest BCUT2D eigenvalue weighted by atomic mass is 9.83. The average Bonchev–Trinajstić information content (AvgIpc) is 2.73. The van der Waals surface area contributed by atoms with Gasteiger partial charge in [-0.1, -0.05) is 41.9 Å². The van der Waals surface area contributed by atoms with E-state index in [0.29, 0.717) is 16.9 Å². The molecule has 3 aromatic rings. The van der Waals surface area contributed by atoms with Crippen LogP contribution in [0.3, 0.4) is 0 Å². The number of benzene rings is 3. The molecule has 1 atom stereocenters. The minimum absolute atomic E-state index is 0.0890. The number of allylic oxidation sites excluding steroid dienone is 1. The zero-order chi connectivity index (χ0) is 21.3. The molecule has 4 rings (SSSR count). The molecule has 0 saturated carbocycles. The first-order valence-electron chi connectivity index (χ1n) is 8.91. The Hall–Kier alpha value is -3.82. The highest BCUT2D eigenvalue weighted by molar-refractivity contribution is 6.33. The molecule has 0 aromatic heterocycles. The smallest absolute Gasteiger partial charge is 0.345 e. The van der Waals surface area contributed by atoms with E-state index in [-0.39, 0.29) is 27.8 Å². The van der Waals surface area contributed by atoms with Gasteiger partial charge in [-0.05, 0) is 35.9 Å². The van der Waals surface area contributed by atoms with Crippen molar-refractivity contribution in [2.24, 2.45) is 5.73 Å². The third kappa shape index (κ3) is 3.59. The molecule has 0 spiro atoms. The summed E-state index contributed by atoms with van der Waals surface area (Å²) in [4.78, 5) is 12.4. The SMILES string of the molecule is N#CC1=C(N)Oc2cc(OC(=O)c3ccccc3Cl)ccc2C1c1cccc(F)c1. The standard InChI is InChI=1S/C23H14ClFN2O3/c24-19-7-2-1-6-16(19)23(28)29-15-8-9-17-20(11-15)30-22(27)18(12-26)21(17)13-4-3-5-14(25)10-13/h1-11,21H,27H2. The molecule has 2 N–H and O–H groups in total. The number of nitrogens with two attached hydrogens (primary N) is 1. The molecule has 1 aliphatic rings. The number of fused-ring (bicyclic) bond motifs is 1. The predicted molar refractivity (Wildman–Crippen MR) is 109 cm³/mol. The quantitative estimate of drug-likeness (QED) is 0.480. The highest BCUT2D eigenvalue weighted by Gasteiger charge is 2.31. The zero-order valence-corrected chi connectivity index (χ0v) is 16.2. The molecule has 1 unspecified atom stereocenters. The van der Waals surface area contributed by atoms with Gasteiger partial charge in [0.1, 0.15) is 29.0 Å². The lowest BCUT2D eigenvalue weighted by Crippen LogP contribution is -2.21. The number of halogens is 2. The number of hydrogen-bond donors (Lipinski definition) is 1. The van der Waals surface area contributed by atoms with Gasteiger partial charge in [-0.2, -0.15) is 5.26 Å². The molecule has 0 bridgehead atoms. The van der Waals surface area contributed by atoms with Gasteiger partial charge < -0.3 is 15.2 Å². The number of nitriles is 1. The van der Waals surface area contributed by atoms with E-state index in [1.165, 1.54) is 18.2 Å². The lowest BCUT2D eigenvalue weighted by Gasteiger charge is -2.26. The van der Waals surface area contributed by atoms with Crippen molar-refractivity contribution in [3.05, 3.63) is 106 Å². The highest BCUT2D eigenvalue weighted by Crippen LogP contribution is 2.43. The molecule has 0 fully saturated rings. The Balaban J connectivity index is 1.71. The monoisotopic (exact) mass is 420 g/mol. The van der Waals surface area contributed by atoms with Crippen LogP contribution in [0.2, 0.25) is 5.02 Å². The number of nitrogens with zero attached hydrogens (tertiary/aromatic N) is 1. The third-order valence-electron chi connectivity index (χ3n) is 4.68. The molecular weight excluding hydrogens is 407 g/mol. The normalized spacial score (nSPS) is 15.0. The minimum Gasteiger partial charge on any atom is -0.440 e. The van der Waals surface area contributed by atoms with Crippen molar-refractivity contribution in [3.8, 4) is 17.6 Å². The fourth-order valence-corrected chi connectivity index (χ4v) is 3.53. The van der Waals surface area contributed by atoms with Crippen LogP contribution in [0.15, 0.2) is 78.2 Å². The lowest BCUT2D eigenvalue weighted by molar-refractivity contribution is 0.0734. The van der Waals surface area contributed by atoms with E-state index in [9.17, 15) is 14.4 Å². The number of hydrogen-bond acceptors (Lipinski definition) is 5. The summed E-state index contributed by atoms with van der Waals surface area (Å²) < 4.78 is 24.8. The third-order valence-corrected chi connectivity index (χ3v) is 5.01. The van der Waals surface area contributed by atoms with E-state index in [4.69, 9.17) is 26.8 Å². The molecule has 0 amide bonds. The van der Waals surface area contributed by atoms with Gasteiger partial charge in [0, 0.05) is 11.6 Å². The van der Waals surface area contributed by atoms with Crippen molar-refractivity contribution >= 4 is 17.6 Å². The second-order valence-corrected chi connectivity index (χ2v) is 6.96. The van der Waals surface area contributed by atoms with Crippen LogP contribution in [0.25, 0.3) is 0 Å². The molecular formula is C23H14ClFN2O3. The van der Waals surface area contributed by atoms with E-state index in [0.717, 1.165) is 0 Å². The van der Waals surface area contributed by atoms with E-state index in [1.807, 2.05) is 6.07 Å². The average molecular weight is 421 g/mol. The predicted octanol–water partition coefficient (Wildman–Crippen LogP) is 4.92. The summed E-state index contributed by atoms with van der Waals surface area (Å²) in [6, 6.07) is 19.2. The number of ether oxygens (including phenoxy) is 2. The first kappa shape index (κ1) is 19.5. The van der Waals surface area contributed by atoms with Gasteiger partial charge in [0.05, 0.1) is 16.5 Å². The van der Waals surface area contributed by atoms with Crippen LogP contribution in [-0.4, -0.2) is 5.97 Å². The Morgan fingerprint density at radius 2 is 1.93 bits per heavy atom. The van der Waals surface area contributed by atoms with Crippen LogP contribution in [0.4, 0.5) is 4.39 Å². The van der Waals surface area contributed by atoms with E-state index >= 15 is 0 Å². The van der Waals surface area contributed by atoms with Crippen LogP contribution in [0.5, 0.6) is 11.5 Å². The van der Waals surface area contributed by atoms with Crippen molar-refractivity contribution in [1.29, 1.82) is 5.26 Å².